The Bertz CT molecular complexity index is 1170. The molecular formula is C27H28FN3O2. The molecule has 2 atom stereocenters. The van der Waals surface area contributed by atoms with Gasteiger partial charge in [0, 0.05) is 22.7 Å². The van der Waals surface area contributed by atoms with Crippen molar-refractivity contribution in [1.29, 1.82) is 0 Å². The van der Waals surface area contributed by atoms with Crippen molar-refractivity contribution in [1.82, 2.24) is 5.32 Å². The molecule has 0 spiro atoms. The molecule has 2 aromatic rings. The highest BCUT2D eigenvalue weighted by Gasteiger charge is 2.30. The second-order valence-electron chi connectivity index (χ2n) is 9.45. The predicted octanol–water partition coefficient (Wildman–Crippen LogP) is 6.11. The molecule has 170 valence electrons. The molecule has 1 aliphatic heterocycles. The first-order chi connectivity index (χ1) is 16.0. The van der Waals surface area contributed by atoms with Crippen molar-refractivity contribution in [3.05, 3.63) is 70.6 Å². The Balaban J connectivity index is 1.37. The van der Waals surface area contributed by atoms with Crippen LogP contribution in [0.15, 0.2) is 63.8 Å². The highest BCUT2D eigenvalue weighted by atomic mass is 19.1. The SMILES string of the molecule is CC(CC1N=NC(=O)C2=C1CCCC2)c1ccc(F)c(-c2cccc(C(=O)NC3CC3)c2)c1. The third-order valence-corrected chi connectivity index (χ3v) is 6.94. The molecule has 6 heteroatoms. The Morgan fingerprint density at radius 1 is 1.15 bits per heavy atom. The lowest BCUT2D eigenvalue weighted by molar-refractivity contribution is -0.115. The van der Waals surface area contributed by atoms with E-state index in [2.05, 4.69) is 22.5 Å². The average molecular weight is 446 g/mol. The van der Waals surface area contributed by atoms with E-state index in [1.807, 2.05) is 18.2 Å². The lowest BCUT2D eigenvalue weighted by Gasteiger charge is -2.27. The summed E-state index contributed by atoms with van der Waals surface area (Å²) < 4.78 is 14.8. The van der Waals surface area contributed by atoms with E-state index < -0.39 is 0 Å². The van der Waals surface area contributed by atoms with Crippen molar-refractivity contribution < 1.29 is 14.0 Å². The van der Waals surface area contributed by atoms with Crippen molar-refractivity contribution in [3.8, 4) is 11.1 Å². The number of azo groups is 1. The molecule has 5 nitrogen and oxygen atoms in total. The standard InChI is InChI=1S/C27H28FN3O2/c1-16(13-25-21-7-2-3-8-22(21)27(33)31-30-25)17-9-12-24(28)23(15-17)18-5-4-6-19(14-18)26(32)29-20-10-11-20/h4-6,9,12,14-16,20,25H,2-3,7-8,10-11,13H2,1H3,(H,29,32). The van der Waals surface area contributed by atoms with Gasteiger partial charge < -0.3 is 5.32 Å². The van der Waals surface area contributed by atoms with Crippen molar-refractivity contribution >= 4 is 11.8 Å². The van der Waals surface area contributed by atoms with Crippen LogP contribution in [-0.2, 0) is 4.79 Å². The fourth-order valence-corrected chi connectivity index (χ4v) is 4.85. The molecule has 2 aromatic carbocycles. The first-order valence-electron chi connectivity index (χ1n) is 11.9. The number of nitrogens with zero attached hydrogens (tertiary/aromatic N) is 2. The largest absolute Gasteiger partial charge is 0.349 e. The summed E-state index contributed by atoms with van der Waals surface area (Å²) in [4.78, 5) is 24.6. The summed E-state index contributed by atoms with van der Waals surface area (Å²) in [5, 5.41) is 11.2. The molecule has 0 bridgehead atoms. The van der Waals surface area contributed by atoms with Gasteiger partial charge in [0.15, 0.2) is 0 Å². The monoisotopic (exact) mass is 445 g/mol. The van der Waals surface area contributed by atoms with E-state index in [1.165, 1.54) is 6.07 Å². The summed E-state index contributed by atoms with van der Waals surface area (Å²) in [6, 6.07) is 12.5. The number of benzene rings is 2. The number of hydrogen-bond acceptors (Lipinski definition) is 3. The first-order valence-corrected chi connectivity index (χ1v) is 11.9. The zero-order chi connectivity index (χ0) is 22.9. The van der Waals surface area contributed by atoms with Crippen LogP contribution < -0.4 is 5.32 Å². The summed E-state index contributed by atoms with van der Waals surface area (Å²) in [5.41, 5.74) is 4.72. The van der Waals surface area contributed by atoms with Crippen LogP contribution in [0, 0.1) is 5.82 Å². The summed E-state index contributed by atoms with van der Waals surface area (Å²) >= 11 is 0. The van der Waals surface area contributed by atoms with Gasteiger partial charge in [0.25, 0.3) is 11.8 Å². The van der Waals surface area contributed by atoms with Gasteiger partial charge in [-0.15, -0.1) is 5.11 Å². The Hall–Kier alpha value is -3.15. The van der Waals surface area contributed by atoms with E-state index in [-0.39, 0.29) is 35.6 Å². The maximum atomic E-state index is 14.8. The van der Waals surface area contributed by atoms with Crippen LogP contribution in [0.4, 0.5) is 4.39 Å². The number of halogens is 1. The Labute approximate surface area is 193 Å². The zero-order valence-corrected chi connectivity index (χ0v) is 18.8. The van der Waals surface area contributed by atoms with E-state index in [4.69, 9.17) is 0 Å². The zero-order valence-electron chi connectivity index (χ0n) is 18.8. The highest BCUT2D eigenvalue weighted by molar-refractivity contribution is 5.96. The van der Waals surface area contributed by atoms with Gasteiger partial charge in [-0.3, -0.25) is 9.59 Å². The van der Waals surface area contributed by atoms with Crippen LogP contribution in [0.3, 0.4) is 0 Å². The number of amides is 2. The van der Waals surface area contributed by atoms with E-state index >= 15 is 0 Å². The van der Waals surface area contributed by atoms with Gasteiger partial charge in [-0.25, -0.2) is 4.39 Å². The second kappa shape index (κ2) is 9.00. The van der Waals surface area contributed by atoms with E-state index in [0.717, 1.165) is 61.7 Å². The number of carbonyl (C=O) groups is 2. The van der Waals surface area contributed by atoms with E-state index in [9.17, 15) is 14.0 Å². The molecule has 5 rings (SSSR count). The number of rotatable bonds is 6. The molecule has 33 heavy (non-hydrogen) atoms. The third-order valence-electron chi connectivity index (χ3n) is 6.94. The van der Waals surface area contributed by atoms with Crippen LogP contribution in [-0.4, -0.2) is 23.9 Å². The minimum Gasteiger partial charge on any atom is -0.349 e. The smallest absolute Gasteiger partial charge is 0.291 e. The van der Waals surface area contributed by atoms with Gasteiger partial charge >= 0.3 is 0 Å². The van der Waals surface area contributed by atoms with Gasteiger partial charge in [0.1, 0.15) is 5.82 Å². The Morgan fingerprint density at radius 2 is 1.97 bits per heavy atom. The molecule has 1 N–H and O–H groups in total. The van der Waals surface area contributed by atoms with Crippen LogP contribution in [0.2, 0.25) is 0 Å². The lowest BCUT2D eigenvalue weighted by atomic mass is 9.82. The second-order valence-corrected chi connectivity index (χ2v) is 9.45. The maximum Gasteiger partial charge on any atom is 0.291 e. The fourth-order valence-electron chi connectivity index (χ4n) is 4.85. The third kappa shape index (κ3) is 4.65. The Kier molecular flexibility index (Phi) is 5.92. The van der Waals surface area contributed by atoms with Gasteiger partial charge in [-0.1, -0.05) is 25.1 Å². The van der Waals surface area contributed by atoms with Crippen molar-refractivity contribution in [2.24, 2.45) is 10.2 Å². The van der Waals surface area contributed by atoms with Gasteiger partial charge in [-0.05, 0) is 91.8 Å². The van der Waals surface area contributed by atoms with E-state index in [1.54, 1.807) is 18.2 Å². The van der Waals surface area contributed by atoms with Crippen molar-refractivity contribution in [3.63, 3.8) is 0 Å². The van der Waals surface area contributed by atoms with Crippen LogP contribution in [0.1, 0.15) is 73.7 Å². The molecular weight excluding hydrogens is 417 g/mol. The van der Waals surface area contributed by atoms with Crippen LogP contribution >= 0.6 is 0 Å². The van der Waals surface area contributed by atoms with Crippen LogP contribution in [0.25, 0.3) is 11.1 Å². The minimum absolute atomic E-state index is 0.0871. The van der Waals surface area contributed by atoms with Crippen molar-refractivity contribution in [2.75, 3.05) is 0 Å². The fraction of sp³-hybridized carbons (Fsp3) is 0.407. The average Bonchev–Trinajstić information content (AvgIpc) is 3.65. The lowest BCUT2D eigenvalue weighted by Crippen LogP contribution is -2.25. The first kappa shape index (κ1) is 21.7. The van der Waals surface area contributed by atoms with Gasteiger partial charge in [-0.2, -0.15) is 5.11 Å². The summed E-state index contributed by atoms with van der Waals surface area (Å²) in [6.07, 6.45) is 6.58. The molecule has 3 aliphatic rings. The van der Waals surface area contributed by atoms with Gasteiger partial charge in [0.2, 0.25) is 0 Å². The highest BCUT2D eigenvalue weighted by Crippen LogP contribution is 2.37. The molecule has 0 radical (unpaired) electrons. The minimum atomic E-state index is -0.314. The number of hydrogen-bond donors (Lipinski definition) is 1. The van der Waals surface area contributed by atoms with Crippen LogP contribution in [0.5, 0.6) is 0 Å². The molecule has 0 aromatic heterocycles. The predicted molar refractivity (Wildman–Crippen MR) is 125 cm³/mol. The molecule has 2 unspecified atom stereocenters. The molecule has 2 aliphatic carbocycles. The molecule has 1 fully saturated rings. The molecule has 1 heterocycles. The normalized spacial score (nSPS) is 21.0. The maximum absolute atomic E-state index is 14.8. The molecule has 1 saturated carbocycles. The van der Waals surface area contributed by atoms with Gasteiger partial charge in [0.05, 0.1) is 6.04 Å². The Morgan fingerprint density at radius 3 is 2.79 bits per heavy atom. The van der Waals surface area contributed by atoms with E-state index in [0.29, 0.717) is 16.7 Å². The summed E-state index contributed by atoms with van der Waals surface area (Å²) in [6.45, 7) is 2.10. The summed E-state index contributed by atoms with van der Waals surface area (Å²) in [5.74, 6) is -0.495. The molecule has 2 amide bonds. The number of carbonyl (C=O) groups excluding carboxylic acids is 2. The quantitative estimate of drug-likeness (QED) is 0.583. The molecule has 0 saturated heterocycles. The topological polar surface area (TPSA) is 70.9 Å². The van der Waals surface area contributed by atoms with Crippen molar-refractivity contribution in [2.45, 2.75) is 69.9 Å². The summed E-state index contributed by atoms with van der Waals surface area (Å²) in [7, 11) is 0. The number of nitrogens with one attached hydrogen (secondary N) is 1.